The van der Waals surface area contributed by atoms with Gasteiger partial charge in [-0.3, -0.25) is 4.79 Å². The van der Waals surface area contributed by atoms with E-state index in [2.05, 4.69) is 11.4 Å². The molecule has 0 saturated carbocycles. The Hall–Kier alpha value is -4.28. The number of carbonyl (C=O) groups excluding carboxylic acids is 2. The Kier molecular flexibility index (Phi) is 9.47. The number of nitrogens with zero attached hydrogens (tertiary/aromatic N) is 1. The third-order valence-electron chi connectivity index (χ3n) is 6.63. The minimum Gasteiger partial charge on any atom is -0.496 e. The largest absolute Gasteiger partial charge is 0.496 e. The van der Waals surface area contributed by atoms with Crippen molar-refractivity contribution in [3.05, 3.63) is 118 Å². The van der Waals surface area contributed by atoms with E-state index in [1.165, 1.54) is 11.8 Å². The maximum atomic E-state index is 13.7. The summed E-state index contributed by atoms with van der Waals surface area (Å²) in [6.45, 7) is 5.91. The number of nitriles is 1. The number of benzene rings is 3. The van der Waals surface area contributed by atoms with Gasteiger partial charge in [0.1, 0.15) is 5.75 Å². The molecule has 0 fully saturated rings. The highest BCUT2D eigenvalue weighted by Gasteiger charge is 2.40. The van der Waals surface area contributed by atoms with E-state index in [-0.39, 0.29) is 18.3 Å². The Morgan fingerprint density at radius 2 is 1.60 bits per heavy atom. The van der Waals surface area contributed by atoms with Gasteiger partial charge < -0.3 is 14.8 Å². The second-order valence-electron chi connectivity index (χ2n) is 9.54. The van der Waals surface area contributed by atoms with Crippen LogP contribution in [0, 0.1) is 17.2 Å². The van der Waals surface area contributed by atoms with Crippen LogP contribution < -0.4 is 10.1 Å². The molecule has 1 aliphatic rings. The Morgan fingerprint density at radius 1 is 0.975 bits per heavy atom. The number of ether oxygens (including phenoxy) is 2. The molecule has 4 rings (SSSR count). The van der Waals surface area contributed by atoms with Gasteiger partial charge in [-0.15, -0.1) is 0 Å². The Balaban J connectivity index is 1.95. The van der Waals surface area contributed by atoms with E-state index in [4.69, 9.17) is 9.47 Å². The van der Waals surface area contributed by atoms with Crippen molar-refractivity contribution < 1.29 is 19.1 Å². The van der Waals surface area contributed by atoms with Crippen LogP contribution in [0.4, 0.5) is 0 Å². The van der Waals surface area contributed by atoms with Gasteiger partial charge in [-0.1, -0.05) is 104 Å². The van der Waals surface area contributed by atoms with Gasteiger partial charge in [-0.25, -0.2) is 4.79 Å². The molecule has 0 aromatic heterocycles. The van der Waals surface area contributed by atoms with Gasteiger partial charge in [-0.2, -0.15) is 5.26 Å². The summed E-state index contributed by atoms with van der Waals surface area (Å²) in [5.74, 6) is -0.822. The number of carbonyl (C=O) groups is 2. The smallest absolute Gasteiger partial charge is 0.337 e. The van der Waals surface area contributed by atoms with Gasteiger partial charge in [0.15, 0.2) is 5.78 Å². The monoisotopic (exact) mass is 552 g/mol. The van der Waals surface area contributed by atoms with E-state index < -0.39 is 17.1 Å². The van der Waals surface area contributed by atoms with Gasteiger partial charge in [-0.05, 0) is 24.5 Å². The summed E-state index contributed by atoms with van der Waals surface area (Å²) in [4.78, 5) is 27.3. The van der Waals surface area contributed by atoms with Gasteiger partial charge in [0, 0.05) is 11.1 Å². The summed E-state index contributed by atoms with van der Waals surface area (Å²) in [7, 11) is 1.56. The van der Waals surface area contributed by atoms with E-state index in [1.54, 1.807) is 32.2 Å². The third kappa shape index (κ3) is 5.98. The van der Waals surface area contributed by atoms with Gasteiger partial charge >= 0.3 is 5.97 Å². The molecule has 2 atom stereocenters. The SMILES string of the molecule is CCOC(=O)C1=C(c2ccccc2)NC(S[C@H](C(=O)c2ccccc2)C(C)C)=C(C#N)[C@H]1c1ccccc1OC. The molecule has 0 bridgehead atoms. The highest BCUT2D eigenvalue weighted by atomic mass is 32.2. The lowest BCUT2D eigenvalue weighted by molar-refractivity contribution is -0.138. The lowest BCUT2D eigenvalue weighted by Gasteiger charge is -2.33. The van der Waals surface area contributed by atoms with E-state index >= 15 is 0 Å². The molecule has 0 amide bonds. The summed E-state index contributed by atoms with van der Waals surface area (Å²) in [6, 6.07) is 28.3. The number of Topliss-reactive ketones (excluding diaryl/α,β-unsaturated/α-hetero) is 1. The number of hydrogen-bond acceptors (Lipinski definition) is 7. The molecule has 0 spiro atoms. The van der Waals surface area contributed by atoms with Crippen molar-refractivity contribution in [1.82, 2.24) is 5.32 Å². The second-order valence-corrected chi connectivity index (χ2v) is 10.7. The molecule has 0 unspecified atom stereocenters. The van der Waals surface area contributed by atoms with Crippen LogP contribution in [-0.2, 0) is 9.53 Å². The normalized spacial score (nSPS) is 15.8. The van der Waals surface area contributed by atoms with Crippen molar-refractivity contribution in [2.24, 2.45) is 5.92 Å². The van der Waals surface area contributed by atoms with Crippen LogP contribution in [0.1, 0.15) is 48.2 Å². The minimum absolute atomic E-state index is 0.0255. The Morgan fingerprint density at radius 3 is 2.20 bits per heavy atom. The molecule has 3 aromatic rings. The number of methoxy groups -OCH3 is 1. The van der Waals surface area contributed by atoms with Crippen LogP contribution >= 0.6 is 11.8 Å². The van der Waals surface area contributed by atoms with E-state index in [0.717, 1.165) is 5.56 Å². The van der Waals surface area contributed by atoms with Crippen molar-refractivity contribution in [2.75, 3.05) is 13.7 Å². The third-order valence-corrected chi connectivity index (χ3v) is 8.20. The lowest BCUT2D eigenvalue weighted by Crippen LogP contribution is -2.32. The first-order valence-electron chi connectivity index (χ1n) is 13.2. The van der Waals surface area contributed by atoms with Crippen LogP contribution in [0.25, 0.3) is 5.70 Å². The highest BCUT2D eigenvalue weighted by molar-refractivity contribution is 8.04. The predicted octanol–water partition coefficient (Wildman–Crippen LogP) is 6.73. The number of thioether (sulfide) groups is 1. The van der Waals surface area contributed by atoms with Gasteiger partial charge in [0.2, 0.25) is 0 Å². The van der Waals surface area contributed by atoms with Crippen LogP contribution in [0.15, 0.2) is 101 Å². The Labute approximate surface area is 239 Å². The number of dihydropyridines is 1. The standard InChI is InChI=1S/C33H32N2O4S/c1-5-39-33(37)28-27(24-18-12-13-19-26(24)38-4)25(20-34)32(35-29(28)22-14-8-6-9-15-22)40-31(21(2)3)30(36)23-16-10-7-11-17-23/h6-19,21,27,31,35H,5H2,1-4H3/t27-,31+/m1/s1. The number of nitrogens with one attached hydrogen (secondary N) is 1. The molecule has 0 saturated heterocycles. The molecule has 0 radical (unpaired) electrons. The fourth-order valence-corrected chi connectivity index (χ4v) is 5.96. The van der Waals surface area contributed by atoms with E-state index in [9.17, 15) is 14.9 Å². The summed E-state index contributed by atoms with van der Waals surface area (Å²) >= 11 is 1.32. The first kappa shape index (κ1) is 28.7. The fourth-order valence-electron chi connectivity index (χ4n) is 4.74. The molecule has 204 valence electrons. The molecule has 7 heteroatoms. The quantitative estimate of drug-likeness (QED) is 0.220. The van der Waals surface area contributed by atoms with Crippen molar-refractivity contribution in [1.29, 1.82) is 5.26 Å². The average molecular weight is 553 g/mol. The van der Waals surface area contributed by atoms with Crippen molar-refractivity contribution in [3.8, 4) is 11.8 Å². The van der Waals surface area contributed by atoms with Gasteiger partial charge in [0.05, 0.1) is 52.8 Å². The number of hydrogen-bond donors (Lipinski definition) is 1. The first-order valence-corrected chi connectivity index (χ1v) is 14.1. The maximum Gasteiger partial charge on any atom is 0.337 e. The second kappa shape index (κ2) is 13.2. The summed E-state index contributed by atoms with van der Waals surface area (Å²) < 4.78 is 11.2. The van der Waals surface area contributed by atoms with Crippen LogP contribution in [0.5, 0.6) is 5.75 Å². The van der Waals surface area contributed by atoms with Crippen molar-refractivity contribution in [2.45, 2.75) is 31.9 Å². The van der Waals surface area contributed by atoms with Crippen LogP contribution in [-0.4, -0.2) is 30.7 Å². The van der Waals surface area contributed by atoms with Crippen LogP contribution in [0.3, 0.4) is 0 Å². The van der Waals surface area contributed by atoms with E-state index in [0.29, 0.717) is 38.7 Å². The summed E-state index contributed by atoms with van der Waals surface area (Å²) in [5, 5.41) is 14.0. The number of rotatable bonds is 10. The number of esters is 1. The van der Waals surface area contributed by atoms with Crippen LogP contribution in [0.2, 0.25) is 0 Å². The van der Waals surface area contributed by atoms with Crippen molar-refractivity contribution >= 4 is 29.2 Å². The molecule has 40 heavy (non-hydrogen) atoms. The Bertz CT molecular complexity index is 1470. The summed E-state index contributed by atoms with van der Waals surface area (Å²) in [6.07, 6.45) is 0. The molecule has 0 aliphatic carbocycles. The first-order chi connectivity index (χ1) is 19.4. The molecule has 6 nitrogen and oxygen atoms in total. The predicted molar refractivity (Wildman–Crippen MR) is 158 cm³/mol. The molecule has 1 aliphatic heterocycles. The highest BCUT2D eigenvalue weighted by Crippen LogP contribution is 2.47. The number of para-hydroxylation sites is 1. The molecular formula is C33H32N2O4S. The molecule has 1 heterocycles. The maximum absolute atomic E-state index is 13.7. The topological polar surface area (TPSA) is 88.4 Å². The van der Waals surface area contributed by atoms with E-state index in [1.807, 2.05) is 80.6 Å². The molecular weight excluding hydrogens is 520 g/mol. The fraction of sp³-hybridized carbons (Fsp3) is 0.242. The number of ketones is 1. The zero-order chi connectivity index (χ0) is 28.6. The van der Waals surface area contributed by atoms with Gasteiger partial charge in [0.25, 0.3) is 0 Å². The zero-order valence-electron chi connectivity index (χ0n) is 23.0. The molecule has 3 aromatic carbocycles. The lowest BCUT2D eigenvalue weighted by atomic mass is 9.81. The zero-order valence-corrected chi connectivity index (χ0v) is 23.8. The number of allylic oxidation sites excluding steroid dienone is 1. The summed E-state index contributed by atoms with van der Waals surface area (Å²) in [5.41, 5.74) is 3.20. The van der Waals surface area contributed by atoms with Crippen molar-refractivity contribution in [3.63, 3.8) is 0 Å². The molecule has 1 N–H and O–H groups in total. The minimum atomic E-state index is -0.779. The average Bonchev–Trinajstić information content (AvgIpc) is 2.99.